The van der Waals surface area contributed by atoms with Gasteiger partial charge in [0, 0.05) is 28.6 Å². The highest BCUT2D eigenvalue weighted by atomic mass is 32.2. The Hall–Kier alpha value is -3.60. The summed E-state index contributed by atoms with van der Waals surface area (Å²) in [6, 6.07) is 12.9. The van der Waals surface area contributed by atoms with E-state index in [1.165, 1.54) is 36.4 Å². The van der Waals surface area contributed by atoms with Crippen molar-refractivity contribution in [3.63, 3.8) is 0 Å². The number of nitrogens with one attached hydrogen (secondary N) is 1. The van der Waals surface area contributed by atoms with Gasteiger partial charge in [-0.1, -0.05) is 19.1 Å². The predicted octanol–water partition coefficient (Wildman–Crippen LogP) is 4.51. The molecule has 3 N–H and O–H groups in total. The summed E-state index contributed by atoms with van der Waals surface area (Å²) in [6.07, 6.45) is -4.91. The first-order valence-electron chi connectivity index (χ1n) is 10.1. The first-order chi connectivity index (χ1) is 15.9. The number of amides is 1. The molecule has 7 nitrogen and oxygen atoms in total. The summed E-state index contributed by atoms with van der Waals surface area (Å²) in [5.41, 5.74) is 7.21. The van der Waals surface area contributed by atoms with Crippen LogP contribution in [0.25, 0.3) is 11.1 Å². The zero-order valence-electron chi connectivity index (χ0n) is 18.3. The molecule has 0 bridgehead atoms. The van der Waals surface area contributed by atoms with E-state index >= 15 is 0 Å². The smallest absolute Gasteiger partial charge is 0.405 e. The summed E-state index contributed by atoms with van der Waals surface area (Å²) in [5, 5.41) is 2.63. The number of halogens is 3. The van der Waals surface area contributed by atoms with E-state index in [-0.39, 0.29) is 40.0 Å². The van der Waals surface area contributed by atoms with Gasteiger partial charge in [-0.25, -0.2) is 13.4 Å². The van der Waals surface area contributed by atoms with Crippen LogP contribution in [-0.2, 0) is 21.1 Å². The van der Waals surface area contributed by atoms with Gasteiger partial charge in [-0.2, -0.15) is 0 Å². The quantitative estimate of drug-likeness (QED) is 0.469. The fourth-order valence-electron chi connectivity index (χ4n) is 3.24. The molecule has 0 aliphatic rings. The van der Waals surface area contributed by atoms with E-state index in [0.29, 0.717) is 16.8 Å². The van der Waals surface area contributed by atoms with E-state index in [0.717, 1.165) is 6.07 Å². The second-order valence-electron chi connectivity index (χ2n) is 7.41. The Balaban J connectivity index is 1.76. The molecule has 1 amide bonds. The molecule has 2 aromatic carbocycles. The van der Waals surface area contributed by atoms with E-state index in [4.69, 9.17) is 5.73 Å². The van der Waals surface area contributed by atoms with E-state index in [9.17, 15) is 26.4 Å². The van der Waals surface area contributed by atoms with Gasteiger partial charge in [0.1, 0.15) is 11.6 Å². The van der Waals surface area contributed by atoms with Gasteiger partial charge in [-0.3, -0.25) is 4.79 Å². The third-order valence-corrected chi connectivity index (χ3v) is 6.65. The number of pyridine rings is 1. The highest BCUT2D eigenvalue weighted by Gasteiger charge is 2.32. The first kappa shape index (κ1) is 25.0. The van der Waals surface area contributed by atoms with E-state index < -0.39 is 21.9 Å². The van der Waals surface area contributed by atoms with Crippen molar-refractivity contribution < 1.29 is 31.1 Å². The lowest BCUT2D eigenvalue weighted by Crippen LogP contribution is -2.18. The topological polar surface area (TPSA) is 111 Å². The molecular formula is C23H22F3N3O4S. The number of rotatable bonds is 7. The van der Waals surface area contributed by atoms with Gasteiger partial charge in [0.15, 0.2) is 9.84 Å². The monoisotopic (exact) mass is 493 g/mol. The number of nitrogens with two attached hydrogens (primary N) is 1. The number of nitrogen functional groups attached to an aromatic ring is 1. The van der Waals surface area contributed by atoms with Gasteiger partial charge in [0.05, 0.1) is 17.1 Å². The summed E-state index contributed by atoms with van der Waals surface area (Å²) >= 11 is 0. The van der Waals surface area contributed by atoms with Crippen molar-refractivity contribution >= 4 is 27.2 Å². The second-order valence-corrected chi connectivity index (χ2v) is 9.68. The second kappa shape index (κ2) is 9.72. The third kappa shape index (κ3) is 6.25. The van der Waals surface area contributed by atoms with Crippen molar-refractivity contribution in [2.75, 3.05) is 16.8 Å². The number of sulfone groups is 1. The number of aryl methyl sites for hydroxylation is 1. The number of hydrogen-bond acceptors (Lipinski definition) is 6. The number of nitrogens with zero attached hydrogens (tertiary/aromatic N) is 1. The summed E-state index contributed by atoms with van der Waals surface area (Å²) in [4.78, 5) is 16.9. The molecule has 0 spiro atoms. The minimum atomic E-state index is -4.89. The number of carbonyl (C=O) groups excluding carboxylic acids is 1. The predicted molar refractivity (Wildman–Crippen MR) is 122 cm³/mol. The molecule has 180 valence electrons. The fourth-order valence-corrected chi connectivity index (χ4v) is 4.12. The molecular weight excluding hydrogens is 471 g/mol. The molecule has 11 heteroatoms. The molecule has 0 saturated heterocycles. The van der Waals surface area contributed by atoms with E-state index in [1.807, 2.05) is 0 Å². The maximum Gasteiger partial charge on any atom is 0.573 e. The van der Waals surface area contributed by atoms with Gasteiger partial charge in [-0.15, -0.1) is 13.2 Å². The van der Waals surface area contributed by atoms with Crippen LogP contribution >= 0.6 is 0 Å². The number of ether oxygens (including phenoxy) is 1. The Morgan fingerprint density at radius 2 is 1.71 bits per heavy atom. The van der Waals surface area contributed by atoms with Gasteiger partial charge in [0.2, 0.25) is 5.91 Å². The van der Waals surface area contributed by atoms with Crippen LogP contribution in [0.15, 0.2) is 59.5 Å². The Morgan fingerprint density at radius 1 is 1.06 bits per heavy atom. The highest BCUT2D eigenvalue weighted by Crippen LogP contribution is 2.36. The van der Waals surface area contributed by atoms with Crippen molar-refractivity contribution in [1.82, 2.24) is 4.98 Å². The van der Waals surface area contributed by atoms with Crippen molar-refractivity contribution in [3.8, 4) is 16.9 Å². The molecule has 0 aliphatic carbocycles. The van der Waals surface area contributed by atoms with Gasteiger partial charge >= 0.3 is 6.36 Å². The summed E-state index contributed by atoms with van der Waals surface area (Å²) in [6.45, 7) is 3.14. The lowest BCUT2D eigenvalue weighted by atomic mass is 10.0. The molecule has 0 atom stereocenters. The lowest BCUT2D eigenvalue weighted by molar-refractivity contribution is -0.274. The number of anilines is 2. The van der Waals surface area contributed by atoms with Crippen LogP contribution in [0.2, 0.25) is 0 Å². The molecule has 0 fully saturated rings. The Labute approximate surface area is 194 Å². The molecule has 0 radical (unpaired) electrons. The number of carbonyl (C=O) groups is 1. The lowest BCUT2D eigenvalue weighted by Gasteiger charge is -2.16. The van der Waals surface area contributed by atoms with Gasteiger partial charge < -0.3 is 15.8 Å². The number of alkyl halides is 3. The third-order valence-electron chi connectivity index (χ3n) is 4.90. The summed E-state index contributed by atoms with van der Waals surface area (Å²) < 4.78 is 66.3. The molecule has 1 aromatic heterocycles. The summed E-state index contributed by atoms with van der Waals surface area (Å²) in [7, 11) is -3.33. The zero-order valence-corrected chi connectivity index (χ0v) is 19.1. The van der Waals surface area contributed by atoms with Crippen LogP contribution in [0.1, 0.15) is 18.2 Å². The van der Waals surface area contributed by atoms with Crippen LogP contribution in [0.4, 0.5) is 24.7 Å². The van der Waals surface area contributed by atoms with Crippen LogP contribution in [0.5, 0.6) is 5.75 Å². The highest BCUT2D eigenvalue weighted by molar-refractivity contribution is 7.91. The van der Waals surface area contributed by atoms with Crippen molar-refractivity contribution in [2.24, 2.45) is 0 Å². The maximum atomic E-state index is 12.8. The SMILES string of the molecule is CCS(=O)(=O)c1ccc(CC(=O)Nc2ccc(-c3ccc(N)cc3OC(F)(F)F)c(C)n2)cc1. The number of aromatic nitrogens is 1. The number of benzene rings is 2. The van der Waals surface area contributed by atoms with Crippen molar-refractivity contribution in [3.05, 3.63) is 65.9 Å². The Kier molecular flexibility index (Phi) is 7.15. The minimum Gasteiger partial charge on any atom is -0.405 e. The molecule has 0 saturated carbocycles. The van der Waals surface area contributed by atoms with Gasteiger partial charge in [-0.05, 0) is 48.9 Å². The summed E-state index contributed by atoms with van der Waals surface area (Å²) in [5.74, 6) is -0.652. The van der Waals surface area contributed by atoms with Crippen LogP contribution in [0.3, 0.4) is 0 Å². The van der Waals surface area contributed by atoms with Crippen LogP contribution in [-0.4, -0.2) is 31.4 Å². The molecule has 34 heavy (non-hydrogen) atoms. The zero-order chi connectivity index (χ0) is 25.1. The average Bonchev–Trinajstić information content (AvgIpc) is 2.74. The fraction of sp³-hybridized carbons (Fsp3) is 0.217. The molecule has 0 unspecified atom stereocenters. The standard InChI is InChI=1S/C23H22F3N3O4S/c1-3-34(31,32)17-7-4-15(5-8-17)12-22(30)29-21-11-10-18(14(2)28-21)19-9-6-16(27)13-20(19)33-23(24,25)26/h4-11,13H,3,12,27H2,1-2H3,(H,28,29,30). The Morgan fingerprint density at radius 3 is 2.29 bits per heavy atom. The molecule has 1 heterocycles. The van der Waals surface area contributed by atoms with Crippen LogP contribution in [0, 0.1) is 6.92 Å². The van der Waals surface area contributed by atoms with Crippen LogP contribution < -0.4 is 15.8 Å². The van der Waals surface area contributed by atoms with Crippen molar-refractivity contribution in [1.29, 1.82) is 0 Å². The van der Waals surface area contributed by atoms with E-state index in [1.54, 1.807) is 26.0 Å². The molecule has 3 rings (SSSR count). The average molecular weight is 494 g/mol. The molecule has 0 aliphatic heterocycles. The normalized spacial score (nSPS) is 11.8. The van der Waals surface area contributed by atoms with Gasteiger partial charge in [0.25, 0.3) is 0 Å². The maximum absolute atomic E-state index is 12.8. The largest absolute Gasteiger partial charge is 0.573 e. The Bertz CT molecular complexity index is 1310. The van der Waals surface area contributed by atoms with Crippen molar-refractivity contribution in [2.45, 2.75) is 31.5 Å². The minimum absolute atomic E-state index is 0.0174. The van der Waals surface area contributed by atoms with E-state index in [2.05, 4.69) is 15.0 Å². The molecule has 3 aromatic rings. The number of hydrogen-bond donors (Lipinski definition) is 2. The first-order valence-corrected chi connectivity index (χ1v) is 11.8.